The van der Waals surface area contributed by atoms with Crippen molar-refractivity contribution in [3.63, 3.8) is 0 Å². The third-order valence-electron chi connectivity index (χ3n) is 3.58. The molecular weight excluding hydrogens is 364 g/mol. The molecule has 0 spiro atoms. The lowest BCUT2D eigenvalue weighted by Crippen LogP contribution is -2.26. The van der Waals surface area contributed by atoms with Gasteiger partial charge in [0.2, 0.25) is 0 Å². The molecule has 1 atom stereocenters. The zero-order valence-corrected chi connectivity index (χ0v) is 13.4. The minimum atomic E-state index is -0.335. The first-order valence-corrected chi connectivity index (χ1v) is 7.75. The van der Waals surface area contributed by atoms with E-state index in [2.05, 4.69) is 21.0 Å². The second-order valence-corrected chi connectivity index (χ2v) is 5.79. The first-order valence-electron chi connectivity index (χ1n) is 6.96. The quantitative estimate of drug-likeness (QED) is 0.687. The molecule has 0 N–H and O–H groups in total. The van der Waals surface area contributed by atoms with Gasteiger partial charge in [-0.1, -0.05) is 0 Å². The molecule has 1 aliphatic rings. The van der Waals surface area contributed by atoms with Gasteiger partial charge in [-0.2, -0.15) is 5.10 Å². The van der Waals surface area contributed by atoms with Crippen LogP contribution in [0.3, 0.4) is 0 Å². The summed E-state index contributed by atoms with van der Waals surface area (Å²) in [5.41, 5.74) is 0.690. The molecule has 0 saturated heterocycles. The first-order chi connectivity index (χ1) is 11.2. The average molecular weight is 375 g/mol. The summed E-state index contributed by atoms with van der Waals surface area (Å²) in [4.78, 5) is 12.7. The van der Waals surface area contributed by atoms with Gasteiger partial charge < -0.3 is 13.3 Å². The summed E-state index contributed by atoms with van der Waals surface area (Å²) in [5, 5.41) is 5.80. The van der Waals surface area contributed by atoms with Crippen LogP contribution >= 0.6 is 15.9 Å². The predicted molar refractivity (Wildman–Crippen MR) is 83.9 cm³/mol. The van der Waals surface area contributed by atoms with Gasteiger partial charge in [-0.15, -0.1) is 0 Å². The van der Waals surface area contributed by atoms with Gasteiger partial charge in [-0.3, -0.25) is 4.79 Å². The van der Waals surface area contributed by atoms with Gasteiger partial charge >= 0.3 is 5.91 Å². The predicted octanol–water partition coefficient (Wildman–Crippen LogP) is 4.22. The number of amides is 1. The van der Waals surface area contributed by atoms with Crippen LogP contribution in [-0.4, -0.2) is 16.6 Å². The summed E-state index contributed by atoms with van der Waals surface area (Å²) in [6, 6.07) is 10.1. The molecule has 0 aromatic carbocycles. The second kappa shape index (κ2) is 5.58. The van der Waals surface area contributed by atoms with Gasteiger partial charge in [0.25, 0.3) is 0 Å². The molecule has 0 bridgehead atoms. The number of furan rings is 3. The third-order valence-corrected chi connectivity index (χ3v) is 4.01. The van der Waals surface area contributed by atoms with Crippen LogP contribution in [0.4, 0.5) is 0 Å². The number of nitrogens with zero attached hydrogens (tertiary/aromatic N) is 2. The van der Waals surface area contributed by atoms with Crippen LogP contribution in [0.25, 0.3) is 0 Å². The Morgan fingerprint density at radius 3 is 2.65 bits per heavy atom. The molecule has 4 heterocycles. The fraction of sp³-hybridized carbons (Fsp3) is 0.125. The second-order valence-electron chi connectivity index (χ2n) is 5.01. The lowest BCUT2D eigenvalue weighted by atomic mass is 10.1. The number of carbonyl (C=O) groups is 1. The van der Waals surface area contributed by atoms with Gasteiger partial charge in [0.15, 0.2) is 10.4 Å². The minimum absolute atomic E-state index is 0.206. The van der Waals surface area contributed by atoms with Crippen molar-refractivity contribution >= 4 is 27.5 Å². The molecule has 0 aliphatic carbocycles. The SMILES string of the molecule is O=C(c1ccc(Br)o1)N1N=C(c2ccco2)CC1c1ccco1. The highest BCUT2D eigenvalue weighted by molar-refractivity contribution is 9.10. The molecule has 4 rings (SSSR count). The topological polar surface area (TPSA) is 72.1 Å². The number of rotatable bonds is 3. The molecule has 3 aromatic heterocycles. The largest absolute Gasteiger partial charge is 0.467 e. The Balaban J connectivity index is 1.71. The van der Waals surface area contributed by atoms with E-state index in [1.54, 1.807) is 36.8 Å². The normalized spacial score (nSPS) is 17.5. The summed E-state index contributed by atoms with van der Waals surface area (Å²) in [6.07, 6.45) is 3.66. The Morgan fingerprint density at radius 1 is 1.17 bits per heavy atom. The van der Waals surface area contributed by atoms with Crippen molar-refractivity contribution in [1.29, 1.82) is 0 Å². The summed E-state index contributed by atoms with van der Waals surface area (Å²) >= 11 is 3.20. The molecule has 3 aromatic rings. The van der Waals surface area contributed by atoms with Crippen LogP contribution in [-0.2, 0) is 0 Å². The zero-order valence-electron chi connectivity index (χ0n) is 11.8. The average Bonchev–Trinajstić information content (AvgIpc) is 3.30. The number of halogens is 1. The van der Waals surface area contributed by atoms with Crippen molar-refractivity contribution in [1.82, 2.24) is 5.01 Å². The molecule has 116 valence electrons. The van der Waals surface area contributed by atoms with Gasteiger partial charge in [0, 0.05) is 6.42 Å². The van der Waals surface area contributed by atoms with Gasteiger partial charge in [0.1, 0.15) is 23.3 Å². The number of hydrogen-bond donors (Lipinski definition) is 0. The lowest BCUT2D eigenvalue weighted by molar-refractivity contribution is 0.0659. The van der Waals surface area contributed by atoms with E-state index in [4.69, 9.17) is 13.3 Å². The number of carbonyl (C=O) groups excluding carboxylic acids is 1. The standard InChI is InChI=1S/C16H11BrN2O4/c17-15-6-5-14(23-15)16(20)19-11(13-4-2-8-22-13)9-10(18-19)12-3-1-7-21-12/h1-8,11H,9H2. The summed E-state index contributed by atoms with van der Waals surface area (Å²) < 4.78 is 16.7. The summed E-state index contributed by atoms with van der Waals surface area (Å²) in [6.45, 7) is 0. The fourth-order valence-corrected chi connectivity index (χ4v) is 2.84. The highest BCUT2D eigenvalue weighted by Gasteiger charge is 2.37. The highest BCUT2D eigenvalue weighted by Crippen LogP contribution is 2.34. The van der Waals surface area contributed by atoms with Crippen LogP contribution in [0.1, 0.15) is 34.5 Å². The van der Waals surface area contributed by atoms with E-state index in [1.165, 1.54) is 5.01 Å². The Morgan fingerprint density at radius 2 is 2.00 bits per heavy atom. The van der Waals surface area contributed by atoms with Crippen molar-refractivity contribution in [3.05, 3.63) is 70.9 Å². The van der Waals surface area contributed by atoms with Crippen molar-refractivity contribution in [2.45, 2.75) is 12.5 Å². The monoisotopic (exact) mass is 374 g/mol. The number of hydrogen-bond acceptors (Lipinski definition) is 5. The Kier molecular flexibility index (Phi) is 3.42. The van der Waals surface area contributed by atoms with Crippen LogP contribution in [0, 0.1) is 0 Å². The Bertz CT molecular complexity index is 849. The molecule has 0 fully saturated rings. The van der Waals surface area contributed by atoms with Crippen LogP contribution < -0.4 is 0 Å². The first kappa shape index (κ1) is 14.1. The minimum Gasteiger partial charge on any atom is -0.467 e. The maximum Gasteiger partial charge on any atom is 0.310 e. The molecular formula is C16H11BrN2O4. The number of hydrazone groups is 1. The van der Waals surface area contributed by atoms with Crippen LogP contribution in [0.15, 0.2) is 71.9 Å². The van der Waals surface area contributed by atoms with Gasteiger partial charge in [-0.05, 0) is 52.3 Å². The van der Waals surface area contributed by atoms with E-state index in [0.29, 0.717) is 28.3 Å². The third kappa shape index (κ3) is 2.53. The van der Waals surface area contributed by atoms with Crippen molar-refractivity contribution in [3.8, 4) is 0 Å². The fourth-order valence-electron chi connectivity index (χ4n) is 2.53. The molecule has 0 saturated carbocycles. The van der Waals surface area contributed by atoms with E-state index in [0.717, 1.165) is 0 Å². The van der Waals surface area contributed by atoms with Crippen molar-refractivity contribution in [2.24, 2.45) is 5.10 Å². The van der Waals surface area contributed by atoms with Gasteiger partial charge in [-0.25, -0.2) is 5.01 Å². The highest BCUT2D eigenvalue weighted by atomic mass is 79.9. The maximum absolute atomic E-state index is 12.7. The van der Waals surface area contributed by atoms with E-state index in [1.807, 2.05) is 12.1 Å². The smallest absolute Gasteiger partial charge is 0.310 e. The van der Waals surface area contributed by atoms with Crippen molar-refractivity contribution in [2.75, 3.05) is 0 Å². The van der Waals surface area contributed by atoms with Gasteiger partial charge in [0.05, 0.1) is 12.5 Å². The van der Waals surface area contributed by atoms with Crippen LogP contribution in [0.2, 0.25) is 0 Å². The zero-order chi connectivity index (χ0) is 15.8. The maximum atomic E-state index is 12.7. The van der Waals surface area contributed by atoms with E-state index >= 15 is 0 Å². The molecule has 1 aliphatic heterocycles. The molecule has 6 nitrogen and oxygen atoms in total. The lowest BCUT2D eigenvalue weighted by Gasteiger charge is -2.18. The molecule has 0 radical (unpaired) electrons. The van der Waals surface area contributed by atoms with Crippen LogP contribution in [0.5, 0.6) is 0 Å². The Hall–Kier alpha value is -2.54. The summed E-state index contributed by atoms with van der Waals surface area (Å²) in [5.74, 6) is 1.17. The summed E-state index contributed by atoms with van der Waals surface area (Å²) in [7, 11) is 0. The molecule has 23 heavy (non-hydrogen) atoms. The van der Waals surface area contributed by atoms with Crippen molar-refractivity contribution < 1.29 is 18.0 Å². The molecule has 1 unspecified atom stereocenters. The molecule has 1 amide bonds. The van der Waals surface area contributed by atoms with E-state index < -0.39 is 0 Å². The van der Waals surface area contributed by atoms with E-state index in [-0.39, 0.29) is 17.7 Å². The molecule has 7 heteroatoms. The Labute approximate surface area is 139 Å². The van der Waals surface area contributed by atoms with E-state index in [9.17, 15) is 4.79 Å².